The first-order valence-corrected chi connectivity index (χ1v) is 6.57. The number of anilines is 1. The fourth-order valence-corrected chi connectivity index (χ4v) is 2.38. The average Bonchev–Trinajstić information content (AvgIpc) is 2.89. The van der Waals surface area contributed by atoms with Crippen LogP contribution in [0.5, 0.6) is 0 Å². The Balaban J connectivity index is 2.21. The van der Waals surface area contributed by atoms with Crippen molar-refractivity contribution in [3.8, 4) is 0 Å². The number of aryl methyl sites for hydroxylation is 1. The van der Waals surface area contributed by atoms with Crippen LogP contribution in [0.25, 0.3) is 0 Å². The van der Waals surface area contributed by atoms with E-state index in [2.05, 4.69) is 10.6 Å². The van der Waals surface area contributed by atoms with Gasteiger partial charge in [0.25, 0.3) is 0 Å². The van der Waals surface area contributed by atoms with E-state index in [0.29, 0.717) is 5.69 Å². The van der Waals surface area contributed by atoms with Crippen LogP contribution in [-0.2, 0) is 11.2 Å². The van der Waals surface area contributed by atoms with Gasteiger partial charge in [0.15, 0.2) is 5.41 Å². The van der Waals surface area contributed by atoms with Crippen molar-refractivity contribution < 1.29 is 18.0 Å². The number of carbonyl (C=O) groups is 1. The fraction of sp³-hybridized carbons (Fsp3) is 0.500. The van der Waals surface area contributed by atoms with Gasteiger partial charge in [-0.05, 0) is 37.1 Å². The first-order chi connectivity index (χ1) is 9.39. The molecule has 1 aliphatic rings. The molecular weight excluding hydrogens is 269 g/mol. The van der Waals surface area contributed by atoms with Crippen molar-refractivity contribution in [2.45, 2.75) is 25.9 Å². The van der Waals surface area contributed by atoms with Gasteiger partial charge < -0.3 is 10.6 Å². The zero-order valence-corrected chi connectivity index (χ0v) is 11.2. The second-order valence-corrected chi connectivity index (χ2v) is 5.01. The summed E-state index contributed by atoms with van der Waals surface area (Å²) < 4.78 is 39.6. The Kier molecular flexibility index (Phi) is 4.04. The van der Waals surface area contributed by atoms with Crippen LogP contribution in [0, 0.1) is 5.41 Å². The number of benzene rings is 1. The molecule has 0 aromatic heterocycles. The monoisotopic (exact) mass is 286 g/mol. The van der Waals surface area contributed by atoms with Crippen molar-refractivity contribution in [3.63, 3.8) is 0 Å². The summed E-state index contributed by atoms with van der Waals surface area (Å²) in [6.07, 6.45) is -4.02. The third-order valence-corrected chi connectivity index (χ3v) is 3.73. The van der Waals surface area contributed by atoms with Crippen LogP contribution in [0.15, 0.2) is 24.3 Å². The average molecular weight is 286 g/mol. The van der Waals surface area contributed by atoms with Gasteiger partial charge in [-0.25, -0.2) is 0 Å². The Morgan fingerprint density at radius 3 is 2.75 bits per heavy atom. The summed E-state index contributed by atoms with van der Waals surface area (Å²) in [7, 11) is 0. The Morgan fingerprint density at radius 1 is 1.45 bits per heavy atom. The summed E-state index contributed by atoms with van der Waals surface area (Å²) in [6, 6.07) is 6.89. The summed E-state index contributed by atoms with van der Waals surface area (Å²) in [4.78, 5) is 12.1. The van der Waals surface area contributed by atoms with E-state index in [9.17, 15) is 18.0 Å². The van der Waals surface area contributed by atoms with Crippen LogP contribution in [0.4, 0.5) is 18.9 Å². The van der Waals surface area contributed by atoms with E-state index in [-0.39, 0.29) is 19.5 Å². The summed E-state index contributed by atoms with van der Waals surface area (Å²) >= 11 is 0. The van der Waals surface area contributed by atoms with Gasteiger partial charge in [-0.2, -0.15) is 13.2 Å². The summed E-state index contributed by atoms with van der Waals surface area (Å²) in [6.45, 7) is 1.77. The molecule has 20 heavy (non-hydrogen) atoms. The van der Waals surface area contributed by atoms with Gasteiger partial charge in [-0.1, -0.05) is 19.1 Å². The number of alkyl halides is 3. The molecule has 1 aromatic carbocycles. The van der Waals surface area contributed by atoms with Crippen LogP contribution in [0.3, 0.4) is 0 Å². The predicted octanol–water partition coefficient (Wildman–Crippen LogP) is 2.73. The SMILES string of the molecule is CCc1cccc(NC(=O)C2(C(F)(F)F)CCNC2)c1. The van der Waals surface area contributed by atoms with Gasteiger partial charge in [0.1, 0.15) is 0 Å². The maximum absolute atomic E-state index is 13.2. The molecule has 1 aromatic rings. The Hall–Kier alpha value is -1.56. The molecular formula is C14H17F3N2O. The molecule has 0 bridgehead atoms. The van der Waals surface area contributed by atoms with E-state index in [1.54, 1.807) is 18.2 Å². The highest BCUT2D eigenvalue weighted by Crippen LogP contribution is 2.43. The highest BCUT2D eigenvalue weighted by Gasteiger charge is 2.61. The molecule has 0 aliphatic carbocycles. The van der Waals surface area contributed by atoms with E-state index in [0.717, 1.165) is 12.0 Å². The van der Waals surface area contributed by atoms with Crippen LogP contribution < -0.4 is 10.6 Å². The zero-order chi connectivity index (χ0) is 14.8. The molecule has 1 fully saturated rings. The van der Waals surface area contributed by atoms with Crippen molar-refractivity contribution in [2.24, 2.45) is 5.41 Å². The van der Waals surface area contributed by atoms with Gasteiger partial charge in [-0.3, -0.25) is 4.79 Å². The van der Waals surface area contributed by atoms with Crippen LogP contribution >= 0.6 is 0 Å². The lowest BCUT2D eigenvalue weighted by Crippen LogP contribution is -2.49. The third-order valence-electron chi connectivity index (χ3n) is 3.73. The maximum Gasteiger partial charge on any atom is 0.404 e. The van der Waals surface area contributed by atoms with Crippen molar-refractivity contribution in [2.75, 3.05) is 18.4 Å². The first-order valence-electron chi connectivity index (χ1n) is 6.57. The number of amides is 1. The lowest BCUT2D eigenvalue weighted by Gasteiger charge is -2.29. The van der Waals surface area contributed by atoms with E-state index < -0.39 is 17.5 Å². The minimum atomic E-state index is -4.55. The van der Waals surface area contributed by atoms with Gasteiger partial charge >= 0.3 is 6.18 Å². The highest BCUT2D eigenvalue weighted by molar-refractivity contribution is 5.96. The van der Waals surface area contributed by atoms with Crippen molar-refractivity contribution in [1.82, 2.24) is 5.32 Å². The molecule has 2 rings (SSSR count). The molecule has 6 heteroatoms. The lowest BCUT2D eigenvalue weighted by molar-refractivity contribution is -0.213. The highest BCUT2D eigenvalue weighted by atomic mass is 19.4. The number of carbonyl (C=O) groups excluding carboxylic acids is 1. The molecule has 1 aliphatic heterocycles. The Morgan fingerprint density at radius 2 is 2.20 bits per heavy atom. The zero-order valence-electron chi connectivity index (χ0n) is 11.2. The fourth-order valence-electron chi connectivity index (χ4n) is 2.38. The van der Waals surface area contributed by atoms with E-state index in [1.807, 2.05) is 13.0 Å². The topological polar surface area (TPSA) is 41.1 Å². The molecule has 0 spiro atoms. The molecule has 1 amide bonds. The molecule has 1 heterocycles. The third kappa shape index (κ3) is 2.65. The second kappa shape index (κ2) is 5.44. The summed E-state index contributed by atoms with van der Waals surface area (Å²) in [5.41, 5.74) is -0.951. The Labute approximate surface area is 115 Å². The summed E-state index contributed by atoms with van der Waals surface area (Å²) in [5.74, 6) is -0.983. The first kappa shape index (κ1) is 14.8. The molecule has 3 nitrogen and oxygen atoms in total. The maximum atomic E-state index is 13.2. The standard InChI is InChI=1S/C14H17F3N2O/c1-2-10-4-3-5-11(8-10)19-12(20)13(14(15,16)17)6-7-18-9-13/h3-5,8,18H,2,6-7,9H2,1H3,(H,19,20). The van der Waals surface area contributed by atoms with E-state index in [4.69, 9.17) is 0 Å². The van der Waals surface area contributed by atoms with Gasteiger partial charge in [0.2, 0.25) is 5.91 Å². The molecule has 0 radical (unpaired) electrons. The normalized spacial score (nSPS) is 22.8. The molecule has 1 saturated heterocycles. The largest absolute Gasteiger partial charge is 0.404 e. The number of halogens is 3. The van der Waals surface area contributed by atoms with Gasteiger partial charge in [0, 0.05) is 12.2 Å². The molecule has 110 valence electrons. The number of rotatable bonds is 3. The minimum Gasteiger partial charge on any atom is -0.325 e. The predicted molar refractivity (Wildman–Crippen MR) is 70.4 cm³/mol. The number of hydrogen-bond acceptors (Lipinski definition) is 2. The summed E-state index contributed by atoms with van der Waals surface area (Å²) in [5, 5.41) is 5.04. The molecule has 2 N–H and O–H groups in total. The number of nitrogens with one attached hydrogen (secondary N) is 2. The lowest BCUT2D eigenvalue weighted by atomic mass is 9.85. The van der Waals surface area contributed by atoms with E-state index in [1.165, 1.54) is 0 Å². The number of hydrogen-bond donors (Lipinski definition) is 2. The minimum absolute atomic E-state index is 0.196. The van der Waals surface area contributed by atoms with Crippen LogP contribution in [0.2, 0.25) is 0 Å². The molecule has 1 atom stereocenters. The molecule has 0 saturated carbocycles. The van der Waals surface area contributed by atoms with Crippen LogP contribution in [0.1, 0.15) is 18.9 Å². The quantitative estimate of drug-likeness (QED) is 0.897. The van der Waals surface area contributed by atoms with E-state index >= 15 is 0 Å². The van der Waals surface area contributed by atoms with Crippen molar-refractivity contribution in [3.05, 3.63) is 29.8 Å². The van der Waals surface area contributed by atoms with Gasteiger partial charge in [0.05, 0.1) is 0 Å². The van der Waals surface area contributed by atoms with Crippen molar-refractivity contribution >= 4 is 11.6 Å². The smallest absolute Gasteiger partial charge is 0.325 e. The Bertz CT molecular complexity index is 493. The van der Waals surface area contributed by atoms with Gasteiger partial charge in [-0.15, -0.1) is 0 Å². The van der Waals surface area contributed by atoms with Crippen molar-refractivity contribution in [1.29, 1.82) is 0 Å². The molecule has 1 unspecified atom stereocenters. The second-order valence-electron chi connectivity index (χ2n) is 5.01. The van der Waals surface area contributed by atoms with Crippen LogP contribution in [-0.4, -0.2) is 25.2 Å².